The summed E-state index contributed by atoms with van der Waals surface area (Å²) in [6.07, 6.45) is 2.30. The van der Waals surface area contributed by atoms with Gasteiger partial charge in [-0.25, -0.2) is 0 Å². The molecule has 0 spiro atoms. The molecule has 0 aromatic rings. The zero-order valence-electron chi connectivity index (χ0n) is 11.1. The number of ether oxygens (including phenoxy) is 1. The smallest absolute Gasteiger partial charge is 0.116 e. The number of hydrogen-bond donors (Lipinski definition) is 1. The number of thiocarbonyl (C=S) groups is 1. The van der Waals surface area contributed by atoms with Crippen LogP contribution >= 0.6 is 12.2 Å². The molecule has 1 aliphatic rings. The van der Waals surface area contributed by atoms with Crippen molar-refractivity contribution >= 4 is 17.2 Å². The van der Waals surface area contributed by atoms with Crippen LogP contribution in [0.5, 0.6) is 0 Å². The van der Waals surface area contributed by atoms with Gasteiger partial charge < -0.3 is 15.4 Å². The SMILES string of the molecule is CCOCC1CCCN(/C(C)=C(/C#N)C(N)=S)C1. The van der Waals surface area contributed by atoms with Gasteiger partial charge in [-0.05, 0) is 32.6 Å². The van der Waals surface area contributed by atoms with Crippen LogP contribution in [0.3, 0.4) is 0 Å². The molecule has 0 saturated carbocycles. The van der Waals surface area contributed by atoms with Crippen molar-refractivity contribution in [2.24, 2.45) is 11.7 Å². The Hall–Kier alpha value is -1.12. The number of rotatable bonds is 5. The van der Waals surface area contributed by atoms with Crippen molar-refractivity contribution in [3.63, 3.8) is 0 Å². The minimum Gasteiger partial charge on any atom is -0.389 e. The van der Waals surface area contributed by atoms with Gasteiger partial charge in [0.15, 0.2) is 0 Å². The van der Waals surface area contributed by atoms with Crippen LogP contribution in [0.25, 0.3) is 0 Å². The molecule has 1 aliphatic heterocycles. The predicted octanol–water partition coefficient (Wildman–Crippen LogP) is 1.82. The van der Waals surface area contributed by atoms with Gasteiger partial charge >= 0.3 is 0 Å². The van der Waals surface area contributed by atoms with E-state index >= 15 is 0 Å². The van der Waals surface area contributed by atoms with Crippen LogP contribution in [0.2, 0.25) is 0 Å². The Morgan fingerprint density at radius 2 is 2.33 bits per heavy atom. The molecule has 0 radical (unpaired) electrons. The van der Waals surface area contributed by atoms with Crippen molar-refractivity contribution in [3.8, 4) is 6.07 Å². The summed E-state index contributed by atoms with van der Waals surface area (Å²) in [5.74, 6) is 0.528. The molecule has 5 heteroatoms. The first-order valence-corrected chi connectivity index (χ1v) is 6.74. The zero-order valence-corrected chi connectivity index (χ0v) is 11.9. The fourth-order valence-corrected chi connectivity index (χ4v) is 2.46. The highest BCUT2D eigenvalue weighted by Gasteiger charge is 2.22. The lowest BCUT2D eigenvalue weighted by atomic mass is 9.98. The van der Waals surface area contributed by atoms with E-state index in [2.05, 4.69) is 11.0 Å². The van der Waals surface area contributed by atoms with Crippen LogP contribution in [0.1, 0.15) is 26.7 Å². The lowest BCUT2D eigenvalue weighted by Gasteiger charge is -2.35. The quantitative estimate of drug-likeness (QED) is 0.468. The van der Waals surface area contributed by atoms with Gasteiger partial charge in [0.05, 0.1) is 6.61 Å². The third kappa shape index (κ3) is 3.97. The highest BCUT2D eigenvalue weighted by Crippen LogP contribution is 2.22. The molecule has 0 aromatic heterocycles. The van der Waals surface area contributed by atoms with E-state index in [1.807, 2.05) is 13.8 Å². The van der Waals surface area contributed by atoms with Crippen molar-refractivity contribution in [2.45, 2.75) is 26.7 Å². The summed E-state index contributed by atoms with van der Waals surface area (Å²) in [6.45, 7) is 7.34. The van der Waals surface area contributed by atoms with Gasteiger partial charge in [0.1, 0.15) is 16.6 Å². The minimum absolute atomic E-state index is 0.182. The number of nitriles is 1. The Morgan fingerprint density at radius 1 is 1.61 bits per heavy atom. The van der Waals surface area contributed by atoms with Crippen LogP contribution in [-0.2, 0) is 4.74 Å². The molecule has 18 heavy (non-hydrogen) atoms. The van der Waals surface area contributed by atoms with E-state index < -0.39 is 0 Å². The van der Waals surface area contributed by atoms with Gasteiger partial charge in [0, 0.05) is 25.4 Å². The first-order chi connectivity index (χ1) is 8.60. The Bertz CT molecular complexity index is 373. The Balaban J connectivity index is 2.71. The van der Waals surface area contributed by atoms with Gasteiger partial charge in [-0.1, -0.05) is 12.2 Å². The second kappa shape index (κ2) is 7.34. The summed E-state index contributed by atoms with van der Waals surface area (Å²) >= 11 is 4.91. The average molecular weight is 267 g/mol. The summed E-state index contributed by atoms with van der Waals surface area (Å²) in [5.41, 5.74) is 6.90. The van der Waals surface area contributed by atoms with Gasteiger partial charge in [-0.15, -0.1) is 0 Å². The van der Waals surface area contributed by atoms with E-state index in [-0.39, 0.29) is 4.99 Å². The second-order valence-electron chi connectivity index (χ2n) is 4.55. The summed E-state index contributed by atoms with van der Waals surface area (Å²) in [6, 6.07) is 2.10. The molecule has 0 aromatic carbocycles. The number of nitrogens with two attached hydrogens (primary N) is 1. The maximum atomic E-state index is 9.08. The molecule has 2 N–H and O–H groups in total. The highest BCUT2D eigenvalue weighted by molar-refractivity contribution is 7.80. The maximum Gasteiger partial charge on any atom is 0.116 e. The van der Waals surface area contributed by atoms with Crippen molar-refractivity contribution < 1.29 is 4.74 Å². The molecule has 1 fully saturated rings. The maximum absolute atomic E-state index is 9.08. The molecule has 0 amide bonds. The molecule has 1 rings (SSSR count). The monoisotopic (exact) mass is 267 g/mol. The summed E-state index contributed by atoms with van der Waals surface area (Å²) in [5, 5.41) is 9.08. The van der Waals surface area contributed by atoms with E-state index in [1.165, 1.54) is 6.42 Å². The van der Waals surface area contributed by atoms with E-state index in [1.54, 1.807) is 0 Å². The molecule has 1 atom stereocenters. The third-order valence-corrected chi connectivity index (χ3v) is 3.48. The highest BCUT2D eigenvalue weighted by atomic mass is 32.1. The largest absolute Gasteiger partial charge is 0.389 e. The van der Waals surface area contributed by atoms with Crippen LogP contribution < -0.4 is 5.73 Å². The van der Waals surface area contributed by atoms with Gasteiger partial charge in [-0.2, -0.15) is 5.26 Å². The molecule has 100 valence electrons. The summed E-state index contributed by atoms with van der Waals surface area (Å²) in [4.78, 5) is 2.38. The molecule has 1 saturated heterocycles. The van der Waals surface area contributed by atoms with Crippen molar-refractivity contribution in [3.05, 3.63) is 11.3 Å². The molecular formula is C13H21N3OS. The van der Waals surface area contributed by atoms with Gasteiger partial charge in [0.25, 0.3) is 0 Å². The third-order valence-electron chi connectivity index (χ3n) is 3.27. The van der Waals surface area contributed by atoms with Crippen molar-refractivity contribution in [1.29, 1.82) is 5.26 Å². The topological polar surface area (TPSA) is 62.3 Å². The van der Waals surface area contributed by atoms with Gasteiger partial charge in [0.2, 0.25) is 0 Å². The first-order valence-electron chi connectivity index (χ1n) is 6.33. The second-order valence-corrected chi connectivity index (χ2v) is 4.99. The van der Waals surface area contributed by atoms with Crippen LogP contribution in [0.15, 0.2) is 11.3 Å². The number of hydrogen-bond acceptors (Lipinski definition) is 4. The summed E-state index contributed by atoms with van der Waals surface area (Å²) < 4.78 is 5.48. The van der Waals surface area contributed by atoms with Crippen LogP contribution in [0, 0.1) is 17.2 Å². The molecule has 0 aliphatic carbocycles. The lowest BCUT2D eigenvalue weighted by molar-refractivity contribution is 0.0768. The van der Waals surface area contributed by atoms with E-state index in [0.29, 0.717) is 11.5 Å². The fraction of sp³-hybridized carbons (Fsp3) is 0.692. The number of likely N-dealkylation sites (tertiary alicyclic amines) is 1. The number of piperidine rings is 1. The Morgan fingerprint density at radius 3 is 2.89 bits per heavy atom. The zero-order chi connectivity index (χ0) is 13.5. The predicted molar refractivity (Wildman–Crippen MR) is 75.9 cm³/mol. The Labute approximate surface area is 114 Å². The molecule has 0 bridgehead atoms. The molecule has 1 unspecified atom stereocenters. The number of allylic oxidation sites excluding steroid dienone is 1. The number of nitrogens with zero attached hydrogens (tertiary/aromatic N) is 2. The standard InChI is InChI=1S/C13H21N3OS/c1-3-17-9-11-5-4-6-16(8-11)10(2)12(7-14)13(15)18/h11H,3-6,8-9H2,1-2H3,(H2,15,18)/b12-10-. The van der Waals surface area contributed by atoms with Crippen molar-refractivity contribution in [1.82, 2.24) is 4.90 Å². The van der Waals surface area contributed by atoms with E-state index in [0.717, 1.165) is 38.4 Å². The fourth-order valence-electron chi connectivity index (χ4n) is 2.26. The van der Waals surface area contributed by atoms with E-state index in [9.17, 15) is 0 Å². The van der Waals surface area contributed by atoms with E-state index in [4.69, 9.17) is 28.0 Å². The average Bonchev–Trinajstić information content (AvgIpc) is 2.37. The normalized spacial score (nSPS) is 21.2. The van der Waals surface area contributed by atoms with Crippen LogP contribution in [-0.4, -0.2) is 36.2 Å². The molecule has 1 heterocycles. The summed E-state index contributed by atoms with van der Waals surface area (Å²) in [7, 11) is 0. The van der Waals surface area contributed by atoms with Crippen molar-refractivity contribution in [2.75, 3.05) is 26.3 Å². The van der Waals surface area contributed by atoms with Gasteiger partial charge in [-0.3, -0.25) is 0 Å². The van der Waals surface area contributed by atoms with Crippen LogP contribution in [0.4, 0.5) is 0 Å². The molecule has 4 nitrogen and oxygen atoms in total. The lowest BCUT2D eigenvalue weighted by Crippen LogP contribution is -2.37. The molecular weight excluding hydrogens is 246 g/mol. The first kappa shape index (κ1) is 14.9. The minimum atomic E-state index is 0.182. The Kier molecular flexibility index (Phi) is 6.10.